The van der Waals surface area contributed by atoms with Crippen LogP contribution < -0.4 is 15.4 Å². The van der Waals surface area contributed by atoms with E-state index in [0.717, 1.165) is 16.9 Å². The summed E-state index contributed by atoms with van der Waals surface area (Å²) in [5.74, 6) is 1.50. The maximum atomic E-state index is 12.6. The van der Waals surface area contributed by atoms with Crippen molar-refractivity contribution in [2.75, 3.05) is 20.7 Å². The minimum Gasteiger partial charge on any atom is -0.494 e. The summed E-state index contributed by atoms with van der Waals surface area (Å²) in [5.41, 5.74) is 2.00. The smallest absolute Gasteiger partial charge is 0.243 e. The monoisotopic (exact) mass is 560 g/mol. The lowest BCUT2D eigenvalue weighted by Gasteiger charge is -2.21. The average molecular weight is 561 g/mol. The highest BCUT2D eigenvalue weighted by Gasteiger charge is 2.22. The number of sulfonamides is 1. The molecule has 31 heavy (non-hydrogen) atoms. The molecule has 2 aromatic carbocycles. The molecule has 2 N–H and O–H groups in total. The average Bonchev–Trinajstić information content (AvgIpc) is 2.74. The zero-order chi connectivity index (χ0) is 22.1. The first-order chi connectivity index (χ1) is 14.3. The van der Waals surface area contributed by atoms with Crippen LogP contribution in [0.2, 0.25) is 0 Å². The van der Waals surface area contributed by atoms with E-state index in [1.807, 2.05) is 57.2 Å². The Kier molecular flexibility index (Phi) is 11.3. The van der Waals surface area contributed by atoms with Crippen LogP contribution in [0.3, 0.4) is 0 Å². The van der Waals surface area contributed by atoms with Gasteiger partial charge in [0.25, 0.3) is 0 Å². The number of aliphatic imine (C=N–C) groups is 1. The van der Waals surface area contributed by atoms with Crippen molar-refractivity contribution in [2.45, 2.75) is 44.8 Å². The number of para-hydroxylation sites is 1. The van der Waals surface area contributed by atoms with Crippen molar-refractivity contribution in [3.8, 4) is 5.75 Å². The summed E-state index contributed by atoms with van der Waals surface area (Å²) < 4.78 is 32.1. The number of hydrogen-bond acceptors (Lipinski definition) is 4. The van der Waals surface area contributed by atoms with Crippen molar-refractivity contribution in [3.63, 3.8) is 0 Å². The van der Waals surface area contributed by atoms with Crippen LogP contribution in [0.5, 0.6) is 5.75 Å². The zero-order valence-electron chi connectivity index (χ0n) is 18.8. The lowest BCUT2D eigenvalue weighted by atomic mass is 10.2. The predicted molar refractivity (Wildman–Crippen MR) is 137 cm³/mol. The van der Waals surface area contributed by atoms with Gasteiger partial charge in [-0.15, -0.1) is 24.0 Å². The van der Waals surface area contributed by atoms with E-state index in [2.05, 4.69) is 15.6 Å². The van der Waals surface area contributed by atoms with Crippen LogP contribution in [0.25, 0.3) is 0 Å². The summed E-state index contributed by atoms with van der Waals surface area (Å²) in [6, 6.07) is 14.7. The molecule has 2 rings (SSSR count). The van der Waals surface area contributed by atoms with Crippen LogP contribution in [0, 0.1) is 0 Å². The maximum Gasteiger partial charge on any atom is 0.243 e. The molecular formula is C22H33IN4O3S. The summed E-state index contributed by atoms with van der Waals surface area (Å²) in [5, 5.41) is 6.52. The minimum absolute atomic E-state index is 0. The molecule has 172 valence electrons. The number of rotatable bonds is 9. The lowest BCUT2D eigenvalue weighted by molar-refractivity contribution is 0.336. The van der Waals surface area contributed by atoms with Crippen LogP contribution in [0.4, 0.5) is 0 Å². The molecule has 0 aliphatic heterocycles. The van der Waals surface area contributed by atoms with Crippen molar-refractivity contribution in [1.82, 2.24) is 14.9 Å². The second-order valence-corrected chi connectivity index (χ2v) is 9.08. The number of benzene rings is 2. The molecule has 0 aliphatic carbocycles. The Labute approximate surface area is 203 Å². The van der Waals surface area contributed by atoms with Crippen LogP contribution in [0.15, 0.2) is 58.4 Å². The normalized spacial score (nSPS) is 11.9. The highest BCUT2D eigenvalue weighted by atomic mass is 127. The van der Waals surface area contributed by atoms with E-state index in [-0.39, 0.29) is 34.9 Å². The van der Waals surface area contributed by atoms with Gasteiger partial charge in [-0.25, -0.2) is 8.42 Å². The zero-order valence-corrected chi connectivity index (χ0v) is 21.9. The van der Waals surface area contributed by atoms with Crippen molar-refractivity contribution in [1.29, 1.82) is 0 Å². The van der Waals surface area contributed by atoms with Gasteiger partial charge in [-0.2, -0.15) is 4.31 Å². The Morgan fingerprint density at radius 1 is 1.06 bits per heavy atom. The molecule has 0 heterocycles. The standard InChI is InChI=1S/C22H32N4O3S.HI/c1-6-29-21-10-8-7-9-19(21)16-25-22(23-4)24-15-18-11-13-20(14-12-18)30(27,28)26(5)17(2)3;/h7-14,17H,6,15-16H2,1-5H3,(H2,23,24,25);1H. The molecular weight excluding hydrogens is 527 g/mol. The third kappa shape index (κ3) is 7.65. The molecule has 2 aromatic rings. The molecule has 0 atom stereocenters. The Bertz CT molecular complexity index is 947. The van der Waals surface area contributed by atoms with E-state index >= 15 is 0 Å². The van der Waals surface area contributed by atoms with Crippen molar-refractivity contribution in [2.24, 2.45) is 4.99 Å². The van der Waals surface area contributed by atoms with Crippen LogP contribution in [0.1, 0.15) is 31.9 Å². The number of halogens is 1. The Balaban J connectivity index is 0.00000480. The van der Waals surface area contributed by atoms with Gasteiger partial charge in [0.05, 0.1) is 11.5 Å². The van der Waals surface area contributed by atoms with Gasteiger partial charge in [0.2, 0.25) is 10.0 Å². The summed E-state index contributed by atoms with van der Waals surface area (Å²) in [7, 11) is -0.172. The predicted octanol–water partition coefficient (Wildman–Crippen LogP) is 3.60. The number of guanidine groups is 1. The Morgan fingerprint density at radius 2 is 1.68 bits per heavy atom. The number of hydrogen-bond donors (Lipinski definition) is 2. The molecule has 0 saturated heterocycles. The molecule has 7 nitrogen and oxygen atoms in total. The summed E-state index contributed by atoms with van der Waals surface area (Å²) in [6.45, 7) is 7.37. The van der Waals surface area contributed by atoms with Crippen molar-refractivity contribution < 1.29 is 13.2 Å². The first-order valence-corrected chi connectivity index (χ1v) is 11.5. The molecule has 0 spiro atoms. The van der Waals surface area contributed by atoms with Gasteiger partial charge in [0.15, 0.2) is 5.96 Å². The van der Waals surface area contributed by atoms with E-state index < -0.39 is 10.0 Å². The fourth-order valence-electron chi connectivity index (χ4n) is 2.75. The Hall–Kier alpha value is -1.85. The molecule has 9 heteroatoms. The van der Waals surface area contributed by atoms with Gasteiger partial charge in [0.1, 0.15) is 5.75 Å². The molecule has 0 aliphatic rings. The van der Waals surface area contributed by atoms with Gasteiger partial charge in [-0.3, -0.25) is 4.99 Å². The van der Waals surface area contributed by atoms with Gasteiger partial charge in [0, 0.05) is 38.8 Å². The van der Waals surface area contributed by atoms with Gasteiger partial charge in [-0.1, -0.05) is 30.3 Å². The van der Waals surface area contributed by atoms with Crippen molar-refractivity contribution in [3.05, 3.63) is 59.7 Å². The van der Waals surface area contributed by atoms with E-state index in [4.69, 9.17) is 4.74 Å². The Morgan fingerprint density at radius 3 is 2.26 bits per heavy atom. The van der Waals surface area contributed by atoms with E-state index in [1.54, 1.807) is 26.2 Å². The van der Waals surface area contributed by atoms with Crippen LogP contribution in [-0.4, -0.2) is 45.4 Å². The topological polar surface area (TPSA) is 83.0 Å². The number of nitrogens with zero attached hydrogens (tertiary/aromatic N) is 2. The fraction of sp³-hybridized carbons (Fsp3) is 0.409. The van der Waals surface area contributed by atoms with Gasteiger partial charge < -0.3 is 15.4 Å². The summed E-state index contributed by atoms with van der Waals surface area (Å²) in [6.07, 6.45) is 0. The first-order valence-electron chi connectivity index (χ1n) is 10.0. The molecule has 0 radical (unpaired) electrons. The second-order valence-electron chi connectivity index (χ2n) is 7.08. The largest absolute Gasteiger partial charge is 0.494 e. The van der Waals surface area contributed by atoms with Crippen molar-refractivity contribution >= 4 is 40.0 Å². The number of ether oxygens (including phenoxy) is 1. The van der Waals surface area contributed by atoms with Gasteiger partial charge in [-0.05, 0) is 44.5 Å². The number of nitrogens with one attached hydrogen (secondary N) is 2. The molecule has 0 unspecified atom stereocenters. The molecule has 0 amide bonds. The maximum absolute atomic E-state index is 12.6. The highest BCUT2D eigenvalue weighted by molar-refractivity contribution is 14.0. The second kappa shape index (κ2) is 12.9. The van der Waals surface area contributed by atoms with Crippen LogP contribution in [-0.2, 0) is 23.1 Å². The van der Waals surface area contributed by atoms with E-state index in [1.165, 1.54) is 4.31 Å². The SMILES string of the molecule is CCOc1ccccc1CNC(=NC)NCc1ccc(S(=O)(=O)N(C)C(C)C)cc1.I. The van der Waals surface area contributed by atoms with Gasteiger partial charge >= 0.3 is 0 Å². The lowest BCUT2D eigenvalue weighted by Crippen LogP contribution is -2.36. The van der Waals surface area contributed by atoms with Crippen LogP contribution >= 0.6 is 24.0 Å². The summed E-state index contributed by atoms with van der Waals surface area (Å²) in [4.78, 5) is 4.53. The van der Waals surface area contributed by atoms with E-state index in [0.29, 0.717) is 25.7 Å². The third-order valence-corrected chi connectivity index (χ3v) is 6.78. The fourth-order valence-corrected chi connectivity index (χ4v) is 4.12. The minimum atomic E-state index is -3.47. The highest BCUT2D eigenvalue weighted by Crippen LogP contribution is 2.18. The van der Waals surface area contributed by atoms with E-state index in [9.17, 15) is 8.42 Å². The quantitative estimate of drug-likeness (QED) is 0.278. The molecule has 0 saturated carbocycles. The third-order valence-electron chi connectivity index (χ3n) is 4.73. The molecule has 0 aromatic heterocycles. The molecule has 0 fully saturated rings. The summed E-state index contributed by atoms with van der Waals surface area (Å²) >= 11 is 0. The molecule has 0 bridgehead atoms. The first kappa shape index (κ1) is 27.2.